The van der Waals surface area contributed by atoms with E-state index in [1.165, 1.54) is 10.8 Å². The Hall–Kier alpha value is -2.79. The van der Waals surface area contributed by atoms with Crippen molar-refractivity contribution in [1.29, 1.82) is 0 Å². The average Bonchev–Trinajstić information content (AvgIpc) is 3.22. The fourth-order valence-corrected chi connectivity index (χ4v) is 3.96. The van der Waals surface area contributed by atoms with Crippen molar-refractivity contribution in [2.75, 3.05) is 6.54 Å². The maximum absolute atomic E-state index is 13.7. The fourth-order valence-electron chi connectivity index (χ4n) is 2.85. The van der Waals surface area contributed by atoms with Crippen molar-refractivity contribution >= 4 is 10.0 Å². The van der Waals surface area contributed by atoms with E-state index < -0.39 is 26.6 Å². The fraction of sp³-hybridized carbons (Fsp3) is 0.294. The van der Waals surface area contributed by atoms with Crippen molar-refractivity contribution in [2.45, 2.75) is 30.3 Å². The molecule has 0 radical (unpaired) electrons. The summed E-state index contributed by atoms with van der Waals surface area (Å²) in [7, 11) is -4.28. The molecule has 0 spiro atoms. The SMILES string of the molecule is O=c1n(CCNS(=O)(=O)c2cc(F)ccc2F)nc(-c2ccco2)n1C1CC1. The molecule has 2 heterocycles. The van der Waals surface area contributed by atoms with Crippen molar-refractivity contribution in [2.24, 2.45) is 0 Å². The van der Waals surface area contributed by atoms with E-state index in [0.29, 0.717) is 17.7 Å². The quantitative estimate of drug-likeness (QED) is 0.641. The summed E-state index contributed by atoms with van der Waals surface area (Å²) in [6.45, 7) is -0.306. The van der Waals surface area contributed by atoms with Crippen LogP contribution in [0, 0.1) is 11.6 Å². The van der Waals surface area contributed by atoms with Gasteiger partial charge in [-0.3, -0.25) is 4.57 Å². The Morgan fingerprint density at radius 2 is 2.04 bits per heavy atom. The molecular formula is C17H16F2N4O4S. The molecule has 1 aromatic carbocycles. The molecule has 0 amide bonds. The summed E-state index contributed by atoms with van der Waals surface area (Å²) in [5, 5.41) is 4.24. The van der Waals surface area contributed by atoms with Gasteiger partial charge in [0.2, 0.25) is 15.8 Å². The minimum atomic E-state index is -4.28. The molecule has 4 rings (SSSR count). The molecule has 0 saturated heterocycles. The first-order valence-electron chi connectivity index (χ1n) is 8.55. The molecule has 148 valence electrons. The van der Waals surface area contributed by atoms with E-state index in [1.54, 1.807) is 12.1 Å². The number of nitrogens with zero attached hydrogens (tertiary/aromatic N) is 3. The third kappa shape index (κ3) is 3.50. The van der Waals surface area contributed by atoms with Crippen LogP contribution in [-0.4, -0.2) is 29.3 Å². The highest BCUT2D eigenvalue weighted by Crippen LogP contribution is 2.36. The third-order valence-corrected chi connectivity index (χ3v) is 5.80. The second-order valence-corrected chi connectivity index (χ2v) is 8.12. The van der Waals surface area contributed by atoms with Crippen molar-refractivity contribution in [3.05, 3.63) is 58.7 Å². The molecule has 0 unspecified atom stereocenters. The number of sulfonamides is 1. The predicted octanol–water partition coefficient (Wildman–Crippen LogP) is 1.90. The lowest BCUT2D eigenvalue weighted by atomic mass is 10.3. The molecule has 3 aromatic rings. The van der Waals surface area contributed by atoms with E-state index in [2.05, 4.69) is 9.82 Å². The Kier molecular flexibility index (Phi) is 4.63. The number of nitrogens with one attached hydrogen (secondary N) is 1. The zero-order valence-electron chi connectivity index (χ0n) is 14.5. The molecule has 0 bridgehead atoms. The Labute approximate surface area is 158 Å². The van der Waals surface area contributed by atoms with E-state index in [4.69, 9.17) is 4.42 Å². The van der Waals surface area contributed by atoms with E-state index in [-0.39, 0.29) is 24.8 Å². The van der Waals surface area contributed by atoms with Crippen LogP contribution in [0.1, 0.15) is 18.9 Å². The molecule has 0 atom stereocenters. The van der Waals surface area contributed by atoms with Gasteiger partial charge in [0, 0.05) is 12.6 Å². The Morgan fingerprint density at radius 1 is 1.25 bits per heavy atom. The van der Waals surface area contributed by atoms with Crippen LogP contribution in [0.2, 0.25) is 0 Å². The van der Waals surface area contributed by atoms with Gasteiger partial charge in [0.15, 0.2) is 5.76 Å². The van der Waals surface area contributed by atoms with Crippen LogP contribution in [0.25, 0.3) is 11.6 Å². The first-order chi connectivity index (χ1) is 13.4. The third-order valence-electron chi connectivity index (χ3n) is 4.32. The van der Waals surface area contributed by atoms with Crippen LogP contribution in [0.15, 0.2) is 50.7 Å². The van der Waals surface area contributed by atoms with Gasteiger partial charge in [0.25, 0.3) is 0 Å². The predicted molar refractivity (Wildman–Crippen MR) is 94.0 cm³/mol. The lowest BCUT2D eigenvalue weighted by Gasteiger charge is -2.07. The summed E-state index contributed by atoms with van der Waals surface area (Å²) < 4.78 is 61.5. The van der Waals surface area contributed by atoms with Gasteiger partial charge in [0.1, 0.15) is 16.5 Å². The summed E-state index contributed by atoms with van der Waals surface area (Å²) in [6.07, 6.45) is 3.17. The molecule has 11 heteroatoms. The zero-order chi connectivity index (χ0) is 19.9. The maximum Gasteiger partial charge on any atom is 0.346 e. The number of aromatic nitrogens is 3. The minimum Gasteiger partial charge on any atom is -0.461 e. The number of halogens is 2. The van der Waals surface area contributed by atoms with Gasteiger partial charge in [-0.2, -0.15) is 0 Å². The van der Waals surface area contributed by atoms with E-state index in [9.17, 15) is 22.0 Å². The van der Waals surface area contributed by atoms with Gasteiger partial charge in [-0.1, -0.05) is 0 Å². The second-order valence-electron chi connectivity index (χ2n) is 6.38. The molecular weight excluding hydrogens is 394 g/mol. The topological polar surface area (TPSA) is 99.1 Å². The van der Waals surface area contributed by atoms with Crippen LogP contribution in [0.3, 0.4) is 0 Å². The van der Waals surface area contributed by atoms with Gasteiger partial charge < -0.3 is 4.42 Å². The average molecular weight is 410 g/mol. The highest BCUT2D eigenvalue weighted by atomic mass is 32.2. The van der Waals surface area contributed by atoms with Gasteiger partial charge in [-0.25, -0.2) is 31.4 Å². The summed E-state index contributed by atoms with van der Waals surface area (Å²) >= 11 is 0. The van der Waals surface area contributed by atoms with Gasteiger partial charge in [-0.05, 0) is 43.2 Å². The summed E-state index contributed by atoms with van der Waals surface area (Å²) in [5.74, 6) is -1.13. The van der Waals surface area contributed by atoms with Gasteiger partial charge in [0.05, 0.1) is 12.8 Å². The standard InChI is InChI=1S/C17H16F2N4O4S/c18-11-3-6-13(19)15(10-11)28(25,26)20-7-8-22-17(24)23(12-4-5-12)16(21-22)14-2-1-9-27-14/h1-3,6,9-10,12,20H,4-5,7-8H2. The highest BCUT2D eigenvalue weighted by Gasteiger charge is 2.31. The maximum atomic E-state index is 13.7. The van der Waals surface area contributed by atoms with E-state index in [1.807, 2.05) is 0 Å². The van der Waals surface area contributed by atoms with Crippen molar-refractivity contribution in [3.8, 4) is 11.6 Å². The highest BCUT2D eigenvalue weighted by molar-refractivity contribution is 7.89. The molecule has 2 aromatic heterocycles. The summed E-state index contributed by atoms with van der Waals surface area (Å²) in [4.78, 5) is 11.8. The van der Waals surface area contributed by atoms with Crippen molar-refractivity contribution in [1.82, 2.24) is 19.1 Å². The minimum absolute atomic E-state index is 0.0411. The van der Waals surface area contributed by atoms with Gasteiger partial charge in [-0.15, -0.1) is 5.10 Å². The lowest BCUT2D eigenvalue weighted by molar-refractivity contribution is 0.531. The Balaban J connectivity index is 1.54. The molecule has 1 aliphatic carbocycles. The van der Waals surface area contributed by atoms with Crippen LogP contribution < -0.4 is 10.4 Å². The Bertz CT molecular complexity index is 1160. The lowest BCUT2D eigenvalue weighted by Crippen LogP contribution is -2.32. The summed E-state index contributed by atoms with van der Waals surface area (Å²) in [6, 6.07) is 5.56. The number of hydrogen-bond acceptors (Lipinski definition) is 5. The first-order valence-corrected chi connectivity index (χ1v) is 10.0. The molecule has 1 saturated carbocycles. The Morgan fingerprint density at radius 3 is 2.71 bits per heavy atom. The second kappa shape index (κ2) is 6.99. The van der Waals surface area contributed by atoms with Crippen LogP contribution in [0.5, 0.6) is 0 Å². The monoisotopic (exact) mass is 410 g/mol. The number of furan rings is 1. The molecule has 28 heavy (non-hydrogen) atoms. The molecule has 1 fully saturated rings. The zero-order valence-corrected chi connectivity index (χ0v) is 15.3. The largest absolute Gasteiger partial charge is 0.461 e. The molecule has 0 aliphatic heterocycles. The van der Waals surface area contributed by atoms with Crippen molar-refractivity contribution in [3.63, 3.8) is 0 Å². The first kappa shape index (κ1) is 18.6. The van der Waals surface area contributed by atoms with E-state index >= 15 is 0 Å². The van der Waals surface area contributed by atoms with Crippen LogP contribution in [-0.2, 0) is 16.6 Å². The van der Waals surface area contributed by atoms with Crippen LogP contribution in [0.4, 0.5) is 8.78 Å². The number of benzene rings is 1. The van der Waals surface area contributed by atoms with Crippen LogP contribution >= 0.6 is 0 Å². The smallest absolute Gasteiger partial charge is 0.346 e. The van der Waals surface area contributed by atoms with Gasteiger partial charge >= 0.3 is 5.69 Å². The molecule has 8 nitrogen and oxygen atoms in total. The number of rotatable bonds is 7. The molecule has 1 N–H and O–H groups in total. The summed E-state index contributed by atoms with van der Waals surface area (Å²) in [5.41, 5.74) is -0.384. The normalized spacial score (nSPS) is 14.5. The van der Waals surface area contributed by atoms with Crippen molar-refractivity contribution < 1.29 is 21.6 Å². The number of hydrogen-bond donors (Lipinski definition) is 1. The van der Waals surface area contributed by atoms with E-state index in [0.717, 1.165) is 29.7 Å². The molecule has 1 aliphatic rings.